The van der Waals surface area contributed by atoms with Gasteiger partial charge in [0.1, 0.15) is 6.04 Å². The second-order valence-corrected chi connectivity index (χ2v) is 9.69. The van der Waals surface area contributed by atoms with Crippen LogP contribution in [0, 0.1) is 0 Å². The number of carbonyl (C=O) groups excluding carboxylic acids is 2. The number of rotatable bonds is 11. The van der Waals surface area contributed by atoms with Crippen LogP contribution < -0.4 is 16.4 Å². The Labute approximate surface area is 219 Å². The van der Waals surface area contributed by atoms with Crippen LogP contribution in [0.15, 0.2) is 72.8 Å². The molecule has 0 unspecified atom stereocenters. The highest BCUT2D eigenvalue weighted by Gasteiger charge is 2.31. The van der Waals surface area contributed by atoms with E-state index in [-0.39, 0.29) is 18.4 Å². The van der Waals surface area contributed by atoms with Gasteiger partial charge >= 0.3 is 0 Å². The number of nitrogens with zero attached hydrogens (tertiary/aromatic N) is 1. The van der Waals surface area contributed by atoms with Gasteiger partial charge in [-0.2, -0.15) is 0 Å². The second kappa shape index (κ2) is 13.3. The predicted octanol–water partition coefficient (Wildman–Crippen LogP) is 3.18. The number of carbonyl (C=O) groups is 2. The molecule has 1 saturated heterocycles. The first-order valence-corrected chi connectivity index (χ1v) is 13.2. The van der Waals surface area contributed by atoms with Crippen LogP contribution in [0.5, 0.6) is 0 Å². The van der Waals surface area contributed by atoms with Crippen molar-refractivity contribution < 1.29 is 14.3 Å². The minimum Gasteiger partial charge on any atom is -0.374 e. The third-order valence-corrected chi connectivity index (χ3v) is 7.18. The third-order valence-electron chi connectivity index (χ3n) is 7.18. The van der Waals surface area contributed by atoms with Crippen LogP contribution in [0.4, 0.5) is 0 Å². The molecular formula is C30H38N4O3. The van der Waals surface area contributed by atoms with Crippen molar-refractivity contribution >= 4 is 22.6 Å². The number of fused-ring (bicyclic) bond motifs is 1. The number of likely N-dealkylation sites (N-methyl/N-ethyl adjacent to an activating group) is 1. The molecule has 0 bridgehead atoms. The zero-order chi connectivity index (χ0) is 26.0. The SMILES string of the molecule is CN[C@@H](CCN)C(=O)N[C@H](COCc1ccc2ccccc2c1)C(=O)N1CCC(c2ccccc2)CC1. The maximum atomic E-state index is 13.5. The standard InChI is InChI=1S/C30H38N4O3/c1-32-27(13-16-31)29(35)33-28(21-37-20-22-11-12-24-9-5-6-10-26(24)19-22)30(36)34-17-14-25(15-18-34)23-7-3-2-4-8-23/h2-12,19,25,27-28,32H,13-18,20-21,31H2,1H3,(H,33,35)/t27-,28+/m0/s1. The quantitative estimate of drug-likeness (QED) is 0.374. The lowest BCUT2D eigenvalue weighted by molar-refractivity contribution is -0.139. The van der Waals surface area contributed by atoms with Crippen molar-refractivity contribution in [2.75, 3.05) is 33.3 Å². The van der Waals surface area contributed by atoms with Crippen LogP contribution in [0.1, 0.15) is 36.3 Å². The predicted molar refractivity (Wildman–Crippen MR) is 147 cm³/mol. The molecule has 7 nitrogen and oxygen atoms in total. The molecule has 1 aliphatic heterocycles. The first-order chi connectivity index (χ1) is 18.1. The second-order valence-electron chi connectivity index (χ2n) is 9.69. The van der Waals surface area contributed by atoms with Gasteiger partial charge in [0, 0.05) is 13.1 Å². The van der Waals surface area contributed by atoms with E-state index in [2.05, 4.69) is 59.2 Å². The van der Waals surface area contributed by atoms with Crippen LogP contribution in [-0.4, -0.2) is 62.1 Å². The van der Waals surface area contributed by atoms with Crippen molar-refractivity contribution in [2.24, 2.45) is 5.73 Å². The van der Waals surface area contributed by atoms with Crippen LogP contribution in [-0.2, 0) is 20.9 Å². The summed E-state index contributed by atoms with van der Waals surface area (Å²) in [4.78, 5) is 28.3. The van der Waals surface area contributed by atoms with E-state index in [0.29, 0.717) is 38.6 Å². The van der Waals surface area contributed by atoms with Crippen LogP contribution in [0.3, 0.4) is 0 Å². The molecule has 2 atom stereocenters. The summed E-state index contributed by atoms with van der Waals surface area (Å²) in [5.74, 6) is 0.112. The van der Waals surface area contributed by atoms with E-state index < -0.39 is 12.1 Å². The molecule has 0 aromatic heterocycles. The van der Waals surface area contributed by atoms with E-state index in [1.165, 1.54) is 10.9 Å². The molecule has 4 rings (SSSR count). The molecule has 3 aromatic rings. The van der Waals surface area contributed by atoms with Crippen LogP contribution in [0.2, 0.25) is 0 Å². The van der Waals surface area contributed by atoms with Gasteiger partial charge in [-0.3, -0.25) is 9.59 Å². The summed E-state index contributed by atoms with van der Waals surface area (Å²) in [5.41, 5.74) is 8.02. The Balaban J connectivity index is 1.39. The lowest BCUT2D eigenvalue weighted by atomic mass is 9.89. The van der Waals surface area contributed by atoms with Gasteiger partial charge in [0.15, 0.2) is 0 Å². The van der Waals surface area contributed by atoms with E-state index in [0.717, 1.165) is 23.8 Å². The van der Waals surface area contributed by atoms with Gasteiger partial charge in [-0.05, 0) is 66.7 Å². The lowest BCUT2D eigenvalue weighted by Gasteiger charge is -2.35. The molecule has 0 radical (unpaired) electrons. The maximum Gasteiger partial charge on any atom is 0.247 e. The first-order valence-electron chi connectivity index (χ1n) is 13.2. The third kappa shape index (κ3) is 7.16. The van der Waals surface area contributed by atoms with Gasteiger partial charge in [0.25, 0.3) is 0 Å². The number of nitrogens with one attached hydrogen (secondary N) is 2. The van der Waals surface area contributed by atoms with Crippen molar-refractivity contribution in [3.05, 3.63) is 83.9 Å². The fraction of sp³-hybridized carbons (Fsp3) is 0.400. The molecule has 0 spiro atoms. The number of hydrogen-bond acceptors (Lipinski definition) is 5. The molecular weight excluding hydrogens is 464 g/mol. The fourth-order valence-corrected chi connectivity index (χ4v) is 5.02. The highest BCUT2D eigenvalue weighted by Crippen LogP contribution is 2.28. The minimum atomic E-state index is -0.755. The highest BCUT2D eigenvalue weighted by atomic mass is 16.5. The van der Waals surface area contributed by atoms with Gasteiger partial charge in [-0.15, -0.1) is 0 Å². The zero-order valence-electron chi connectivity index (χ0n) is 21.6. The fourth-order valence-electron chi connectivity index (χ4n) is 5.02. The molecule has 0 saturated carbocycles. The Kier molecular flexibility index (Phi) is 9.65. The van der Waals surface area contributed by atoms with Crippen molar-refractivity contribution in [1.82, 2.24) is 15.5 Å². The van der Waals surface area contributed by atoms with Gasteiger partial charge in [-0.1, -0.05) is 66.7 Å². The largest absolute Gasteiger partial charge is 0.374 e. The van der Waals surface area contributed by atoms with Crippen molar-refractivity contribution in [1.29, 1.82) is 0 Å². The topological polar surface area (TPSA) is 96.7 Å². The maximum absolute atomic E-state index is 13.5. The van der Waals surface area contributed by atoms with Crippen molar-refractivity contribution in [2.45, 2.75) is 43.9 Å². The number of piperidine rings is 1. The summed E-state index contributed by atoms with van der Waals surface area (Å²) < 4.78 is 6.00. The summed E-state index contributed by atoms with van der Waals surface area (Å²) in [5, 5.41) is 8.24. The number of ether oxygens (including phenoxy) is 1. The number of likely N-dealkylation sites (tertiary alicyclic amines) is 1. The summed E-state index contributed by atoms with van der Waals surface area (Å²) in [6.45, 7) is 2.16. The van der Waals surface area contributed by atoms with Gasteiger partial charge in [0.2, 0.25) is 11.8 Å². The molecule has 1 heterocycles. The van der Waals surface area contributed by atoms with Gasteiger partial charge in [-0.25, -0.2) is 0 Å². The summed E-state index contributed by atoms with van der Waals surface area (Å²) in [6.07, 6.45) is 2.30. The molecule has 37 heavy (non-hydrogen) atoms. The Bertz CT molecular complexity index is 1160. The molecule has 4 N–H and O–H groups in total. The number of benzene rings is 3. The van der Waals surface area contributed by atoms with E-state index in [9.17, 15) is 9.59 Å². The summed E-state index contributed by atoms with van der Waals surface area (Å²) in [7, 11) is 1.72. The van der Waals surface area contributed by atoms with Crippen molar-refractivity contribution in [3.8, 4) is 0 Å². The summed E-state index contributed by atoms with van der Waals surface area (Å²) in [6, 6.07) is 23.6. The molecule has 196 valence electrons. The highest BCUT2D eigenvalue weighted by molar-refractivity contribution is 5.90. The Morgan fingerprint density at radius 1 is 0.973 bits per heavy atom. The Morgan fingerprint density at radius 2 is 1.68 bits per heavy atom. The van der Waals surface area contributed by atoms with Gasteiger partial charge < -0.3 is 26.0 Å². The molecule has 0 aliphatic carbocycles. The van der Waals surface area contributed by atoms with E-state index in [1.54, 1.807) is 7.05 Å². The zero-order valence-corrected chi connectivity index (χ0v) is 21.6. The molecule has 7 heteroatoms. The minimum absolute atomic E-state index is 0.0963. The van der Waals surface area contributed by atoms with E-state index in [1.807, 2.05) is 29.2 Å². The number of hydrogen-bond donors (Lipinski definition) is 3. The molecule has 1 fully saturated rings. The smallest absolute Gasteiger partial charge is 0.247 e. The molecule has 3 aromatic carbocycles. The monoisotopic (exact) mass is 502 g/mol. The Hall–Kier alpha value is -3.26. The number of amides is 2. The van der Waals surface area contributed by atoms with Crippen LogP contribution >= 0.6 is 0 Å². The summed E-state index contributed by atoms with van der Waals surface area (Å²) >= 11 is 0. The molecule has 2 amide bonds. The lowest BCUT2D eigenvalue weighted by Crippen LogP contribution is -2.56. The average molecular weight is 503 g/mol. The van der Waals surface area contributed by atoms with Crippen molar-refractivity contribution in [3.63, 3.8) is 0 Å². The first kappa shape index (κ1) is 26.8. The van der Waals surface area contributed by atoms with E-state index in [4.69, 9.17) is 10.5 Å². The molecule has 1 aliphatic rings. The number of nitrogens with two attached hydrogens (primary N) is 1. The average Bonchev–Trinajstić information content (AvgIpc) is 2.95. The van der Waals surface area contributed by atoms with E-state index >= 15 is 0 Å². The van der Waals surface area contributed by atoms with Gasteiger partial charge in [0.05, 0.1) is 19.3 Å². The normalized spacial score (nSPS) is 15.9. The van der Waals surface area contributed by atoms with Crippen LogP contribution in [0.25, 0.3) is 10.8 Å². The Morgan fingerprint density at radius 3 is 2.38 bits per heavy atom.